The number of carbonyl (C=O) groups excluding carboxylic acids is 1. The van der Waals surface area contributed by atoms with Crippen molar-refractivity contribution < 1.29 is 15.0 Å². The van der Waals surface area contributed by atoms with Crippen molar-refractivity contribution in [2.24, 2.45) is 0 Å². The first-order valence-corrected chi connectivity index (χ1v) is 2.75. The monoisotopic (exact) mass is 158 g/mol. The van der Waals surface area contributed by atoms with Gasteiger partial charge in [-0.2, -0.15) is 0 Å². The Kier molecular flexibility index (Phi) is 30.9. The summed E-state index contributed by atoms with van der Waals surface area (Å²) in [6.07, 6.45) is -2.33. The van der Waals surface area contributed by atoms with Crippen LogP contribution in [0.1, 0.15) is 0 Å². The SMILES string of the molecule is C=C[SiH3].O=C([O-])[O-].[Ca+2]. The molecule has 0 aliphatic rings. The van der Waals surface area contributed by atoms with Crippen molar-refractivity contribution in [1.29, 1.82) is 0 Å². The fourth-order valence-electron chi connectivity index (χ4n) is 0. The standard InChI is InChI=1S/C2H6Si.CH2O3.Ca/c1-2-3;2-1(3)4;/h2H,1H2,3H3;(H2,2,3,4);/q;;+2/p-2. The van der Waals surface area contributed by atoms with E-state index in [0.29, 0.717) is 0 Å². The van der Waals surface area contributed by atoms with Gasteiger partial charge in [0.2, 0.25) is 0 Å². The molecule has 0 rings (SSSR count). The summed E-state index contributed by atoms with van der Waals surface area (Å²) in [5.74, 6) is 0. The van der Waals surface area contributed by atoms with E-state index in [1.807, 2.05) is 5.70 Å². The summed E-state index contributed by atoms with van der Waals surface area (Å²) in [5.41, 5.74) is 1.89. The van der Waals surface area contributed by atoms with Crippen LogP contribution >= 0.6 is 0 Å². The summed E-state index contributed by atoms with van der Waals surface area (Å²) in [6, 6.07) is 0. The number of hydrogen-bond acceptors (Lipinski definition) is 3. The van der Waals surface area contributed by atoms with Gasteiger partial charge in [-0.25, -0.2) is 0 Å². The van der Waals surface area contributed by atoms with Crippen molar-refractivity contribution in [2.45, 2.75) is 0 Å². The molecule has 0 aromatic rings. The quantitative estimate of drug-likeness (QED) is 0.346. The van der Waals surface area contributed by atoms with Crippen molar-refractivity contribution >= 4 is 54.1 Å². The van der Waals surface area contributed by atoms with Crippen LogP contribution in [-0.2, 0) is 0 Å². The molecule has 0 fully saturated rings. The maximum absolute atomic E-state index is 8.33. The predicted molar refractivity (Wildman–Crippen MR) is 31.3 cm³/mol. The number of rotatable bonds is 0. The first kappa shape index (κ1) is 15.8. The van der Waals surface area contributed by atoms with E-state index in [-0.39, 0.29) is 37.7 Å². The summed E-state index contributed by atoms with van der Waals surface area (Å²) in [4.78, 5) is 8.33. The van der Waals surface area contributed by atoms with Gasteiger partial charge in [0.15, 0.2) is 0 Å². The van der Waals surface area contributed by atoms with Crippen LogP contribution in [0.5, 0.6) is 0 Å². The fraction of sp³-hybridized carbons (Fsp3) is 0. The third-order valence-corrected chi connectivity index (χ3v) is 0. The Labute approximate surface area is 80.8 Å². The zero-order chi connectivity index (χ0) is 6.28. The molecule has 0 aliphatic carbocycles. The molecule has 0 aromatic carbocycles. The van der Waals surface area contributed by atoms with E-state index in [1.54, 1.807) is 0 Å². The van der Waals surface area contributed by atoms with Crippen molar-refractivity contribution in [3.05, 3.63) is 12.3 Å². The molecule has 0 bridgehead atoms. The average molecular weight is 158 g/mol. The summed E-state index contributed by atoms with van der Waals surface area (Å²) >= 11 is 0. The molecule has 0 radical (unpaired) electrons. The fourth-order valence-corrected chi connectivity index (χ4v) is 0. The molecule has 5 heteroatoms. The smallest absolute Gasteiger partial charge is 0.652 e. The molecule has 42 valence electrons. The van der Waals surface area contributed by atoms with Gasteiger partial charge in [-0.05, 0) is 6.16 Å². The molecule has 3 nitrogen and oxygen atoms in total. The molecule has 0 amide bonds. The van der Waals surface area contributed by atoms with E-state index in [4.69, 9.17) is 15.0 Å². The Morgan fingerprint density at radius 3 is 1.62 bits per heavy atom. The molecule has 0 saturated heterocycles. The second-order valence-corrected chi connectivity index (χ2v) is 1.47. The predicted octanol–water partition coefficient (Wildman–Crippen LogP) is -3.33. The molecule has 0 atom stereocenters. The zero-order valence-corrected chi connectivity index (χ0v) is 8.92. The van der Waals surface area contributed by atoms with E-state index < -0.39 is 6.16 Å². The van der Waals surface area contributed by atoms with Crippen LogP contribution < -0.4 is 10.2 Å². The molecule has 0 heterocycles. The maximum Gasteiger partial charge on any atom is 2.00 e. The molecule has 0 aliphatic heterocycles. The van der Waals surface area contributed by atoms with Crippen LogP contribution in [-0.4, -0.2) is 54.1 Å². The normalized spacial score (nSPS) is 5.00. The third kappa shape index (κ3) is 825. The van der Waals surface area contributed by atoms with Crippen LogP contribution in [0.25, 0.3) is 0 Å². The Hall–Kier alpha value is 0.487. The summed E-state index contributed by atoms with van der Waals surface area (Å²) in [5, 5.41) is 16.7. The van der Waals surface area contributed by atoms with Gasteiger partial charge in [0.25, 0.3) is 0 Å². The van der Waals surface area contributed by atoms with Crippen molar-refractivity contribution in [1.82, 2.24) is 0 Å². The van der Waals surface area contributed by atoms with Crippen LogP contribution in [0.2, 0.25) is 0 Å². The second-order valence-electron chi connectivity index (χ2n) is 0.658. The minimum absolute atomic E-state index is 0. The Morgan fingerprint density at radius 2 is 1.62 bits per heavy atom. The number of carbonyl (C=O) groups is 1. The molecule has 0 aromatic heterocycles. The van der Waals surface area contributed by atoms with Gasteiger partial charge in [0.05, 0.1) is 0 Å². The Balaban J connectivity index is -0.0000000575. The van der Waals surface area contributed by atoms with Gasteiger partial charge in [0.1, 0.15) is 0 Å². The summed E-state index contributed by atoms with van der Waals surface area (Å²) < 4.78 is 0. The molecule has 0 N–H and O–H groups in total. The van der Waals surface area contributed by atoms with Gasteiger partial charge in [-0.3, -0.25) is 0 Å². The first-order chi connectivity index (χ1) is 3.15. The van der Waals surface area contributed by atoms with E-state index in [9.17, 15) is 0 Å². The van der Waals surface area contributed by atoms with Crippen LogP contribution in [0.3, 0.4) is 0 Å². The van der Waals surface area contributed by atoms with Gasteiger partial charge >= 0.3 is 37.7 Å². The van der Waals surface area contributed by atoms with Gasteiger partial charge in [-0.1, -0.05) is 0 Å². The third-order valence-electron chi connectivity index (χ3n) is 0. The summed E-state index contributed by atoms with van der Waals surface area (Å²) in [7, 11) is 1.13. The molecule has 0 spiro atoms. The van der Waals surface area contributed by atoms with E-state index in [2.05, 4.69) is 6.58 Å². The average Bonchev–Trinajstić information content (AvgIpc) is 1.33. The van der Waals surface area contributed by atoms with Crippen molar-refractivity contribution in [3.8, 4) is 0 Å². The maximum atomic E-state index is 8.33. The first-order valence-electron chi connectivity index (χ1n) is 1.60. The largest absolute Gasteiger partial charge is 2.00 e. The van der Waals surface area contributed by atoms with Crippen molar-refractivity contribution in [2.75, 3.05) is 0 Å². The summed E-state index contributed by atoms with van der Waals surface area (Å²) in [6.45, 7) is 3.42. The zero-order valence-electron chi connectivity index (χ0n) is 4.72. The second kappa shape index (κ2) is 15.6. The number of carboxylic acid groups (broad SMARTS) is 2. The molecule has 0 unspecified atom stereocenters. The van der Waals surface area contributed by atoms with Gasteiger partial charge < -0.3 is 15.0 Å². The van der Waals surface area contributed by atoms with Crippen LogP contribution in [0.4, 0.5) is 4.79 Å². The van der Waals surface area contributed by atoms with Crippen LogP contribution in [0.15, 0.2) is 12.3 Å². The molecule has 0 saturated carbocycles. The molecular formula is C3H6CaO3Si. The topological polar surface area (TPSA) is 63.2 Å². The Morgan fingerprint density at radius 1 is 1.62 bits per heavy atom. The number of hydrogen-bond donors (Lipinski definition) is 0. The van der Waals surface area contributed by atoms with Gasteiger partial charge in [-0.15, -0.1) is 12.3 Å². The Bertz CT molecular complexity index is 61.5. The minimum atomic E-state index is -2.33. The van der Waals surface area contributed by atoms with E-state index >= 15 is 0 Å². The van der Waals surface area contributed by atoms with E-state index in [1.165, 1.54) is 0 Å². The van der Waals surface area contributed by atoms with Crippen LogP contribution in [0, 0.1) is 0 Å². The molecular weight excluding hydrogens is 152 g/mol. The van der Waals surface area contributed by atoms with E-state index in [0.717, 1.165) is 10.2 Å². The minimum Gasteiger partial charge on any atom is -0.652 e. The van der Waals surface area contributed by atoms with Crippen molar-refractivity contribution in [3.63, 3.8) is 0 Å². The van der Waals surface area contributed by atoms with Gasteiger partial charge in [0, 0.05) is 10.2 Å². The molecule has 8 heavy (non-hydrogen) atoms.